The van der Waals surface area contributed by atoms with Gasteiger partial charge in [-0.25, -0.2) is 0 Å². The van der Waals surface area contributed by atoms with Crippen LogP contribution in [0.2, 0.25) is 0 Å². The molecule has 6 heteroatoms. The minimum atomic E-state index is -0.550. The molecule has 0 radical (unpaired) electrons. The molecule has 0 bridgehead atoms. The molecular formula is C17H15N3O3. The number of benzene rings is 1. The topological polar surface area (TPSA) is 86.3 Å². The largest absolute Gasteiger partial charge is 0.465 e. The van der Waals surface area contributed by atoms with Crippen LogP contribution in [0.25, 0.3) is 6.08 Å². The van der Waals surface area contributed by atoms with Crippen molar-refractivity contribution in [2.24, 2.45) is 0 Å². The first-order chi connectivity index (χ1) is 11.0. The Balaban J connectivity index is 2.18. The third-order valence-corrected chi connectivity index (χ3v) is 3.16. The number of hydrogen-bond acceptors (Lipinski definition) is 4. The average Bonchev–Trinajstić information content (AvgIpc) is 3.05. The fourth-order valence-corrected chi connectivity index (χ4v) is 1.84. The fraction of sp³-hybridized carbons (Fsp3) is 0.118. The fourth-order valence-electron chi connectivity index (χ4n) is 1.84. The maximum Gasteiger partial charge on any atom is 0.266 e. The number of hydrogen-bond donors (Lipinski definition) is 1. The van der Waals surface area contributed by atoms with E-state index in [2.05, 4.69) is 5.32 Å². The summed E-state index contributed by atoms with van der Waals surface area (Å²) >= 11 is 0. The third kappa shape index (κ3) is 4.08. The van der Waals surface area contributed by atoms with E-state index < -0.39 is 5.91 Å². The lowest BCUT2D eigenvalue weighted by molar-refractivity contribution is -0.116. The molecule has 0 unspecified atom stereocenters. The van der Waals surface area contributed by atoms with Crippen molar-refractivity contribution in [2.75, 3.05) is 17.3 Å². The molecule has 1 aromatic carbocycles. The number of furan rings is 1. The Morgan fingerprint density at radius 2 is 2.09 bits per heavy atom. The first-order valence-corrected chi connectivity index (χ1v) is 6.82. The monoisotopic (exact) mass is 309 g/mol. The number of anilines is 2. The minimum Gasteiger partial charge on any atom is -0.465 e. The summed E-state index contributed by atoms with van der Waals surface area (Å²) in [4.78, 5) is 25.0. The molecule has 0 fully saturated rings. The second-order valence-electron chi connectivity index (χ2n) is 4.77. The molecule has 0 saturated carbocycles. The lowest BCUT2D eigenvalue weighted by Crippen LogP contribution is -2.23. The van der Waals surface area contributed by atoms with Crippen molar-refractivity contribution in [3.63, 3.8) is 0 Å². The molecule has 23 heavy (non-hydrogen) atoms. The third-order valence-electron chi connectivity index (χ3n) is 3.16. The number of amides is 2. The number of carbonyl (C=O) groups excluding carboxylic acids is 2. The minimum absolute atomic E-state index is 0.0784. The van der Waals surface area contributed by atoms with Crippen LogP contribution in [0.3, 0.4) is 0 Å². The molecule has 1 aromatic heterocycles. The van der Waals surface area contributed by atoms with Crippen LogP contribution in [-0.2, 0) is 9.59 Å². The SMILES string of the molecule is CC(=O)N(C)c1cccc(NC(=O)C(C#N)=Cc2ccco2)c1. The molecule has 1 N–H and O–H groups in total. The van der Waals surface area contributed by atoms with Crippen molar-refractivity contribution in [1.82, 2.24) is 0 Å². The lowest BCUT2D eigenvalue weighted by Gasteiger charge is -2.16. The Morgan fingerprint density at radius 1 is 1.30 bits per heavy atom. The molecule has 2 amide bonds. The van der Waals surface area contributed by atoms with Gasteiger partial charge in [-0.3, -0.25) is 9.59 Å². The molecule has 2 rings (SSSR count). The van der Waals surface area contributed by atoms with Gasteiger partial charge in [-0.2, -0.15) is 5.26 Å². The van der Waals surface area contributed by atoms with Gasteiger partial charge in [-0.1, -0.05) is 6.07 Å². The van der Waals surface area contributed by atoms with Crippen molar-refractivity contribution in [3.8, 4) is 6.07 Å². The van der Waals surface area contributed by atoms with Crippen LogP contribution < -0.4 is 10.2 Å². The Labute approximate surface area is 133 Å². The predicted molar refractivity (Wildman–Crippen MR) is 86.5 cm³/mol. The van der Waals surface area contributed by atoms with Crippen molar-refractivity contribution >= 4 is 29.3 Å². The molecule has 0 aliphatic heterocycles. The summed E-state index contributed by atoms with van der Waals surface area (Å²) in [5.74, 6) is -0.253. The van der Waals surface area contributed by atoms with Gasteiger partial charge in [0.15, 0.2) is 0 Å². The van der Waals surface area contributed by atoms with Crippen LogP contribution in [0.4, 0.5) is 11.4 Å². The van der Waals surface area contributed by atoms with Crippen LogP contribution in [0, 0.1) is 11.3 Å². The van der Waals surface area contributed by atoms with Crippen LogP contribution in [0.1, 0.15) is 12.7 Å². The van der Waals surface area contributed by atoms with Crippen LogP contribution in [0.5, 0.6) is 0 Å². The van der Waals surface area contributed by atoms with E-state index in [1.807, 2.05) is 6.07 Å². The molecule has 0 aliphatic carbocycles. The van der Waals surface area contributed by atoms with E-state index in [4.69, 9.17) is 9.68 Å². The van der Waals surface area contributed by atoms with Crippen molar-refractivity contribution < 1.29 is 14.0 Å². The normalized spacial score (nSPS) is 10.7. The zero-order valence-electron chi connectivity index (χ0n) is 12.7. The summed E-state index contributed by atoms with van der Waals surface area (Å²) in [6, 6.07) is 12.0. The zero-order valence-corrected chi connectivity index (χ0v) is 12.7. The first kappa shape index (κ1) is 16.0. The van der Waals surface area contributed by atoms with Gasteiger partial charge >= 0.3 is 0 Å². The summed E-state index contributed by atoms with van der Waals surface area (Å²) in [7, 11) is 1.64. The molecule has 1 heterocycles. The Kier molecular flexibility index (Phi) is 4.95. The molecule has 0 aliphatic rings. The van der Waals surface area contributed by atoms with Crippen molar-refractivity contribution in [1.29, 1.82) is 5.26 Å². The van der Waals surface area contributed by atoms with Crippen molar-refractivity contribution in [3.05, 3.63) is 54.0 Å². The van der Waals surface area contributed by atoms with Gasteiger partial charge in [0, 0.05) is 31.4 Å². The van der Waals surface area contributed by atoms with E-state index in [0.29, 0.717) is 17.1 Å². The highest BCUT2D eigenvalue weighted by atomic mass is 16.3. The molecule has 0 atom stereocenters. The average molecular weight is 309 g/mol. The number of nitriles is 1. The smallest absolute Gasteiger partial charge is 0.266 e. The number of nitrogens with zero attached hydrogens (tertiary/aromatic N) is 2. The Hall–Kier alpha value is -3.33. The van der Waals surface area contributed by atoms with Crippen LogP contribution in [-0.4, -0.2) is 18.9 Å². The van der Waals surface area contributed by atoms with Crippen LogP contribution >= 0.6 is 0 Å². The second kappa shape index (κ2) is 7.09. The summed E-state index contributed by atoms with van der Waals surface area (Å²) in [6.07, 6.45) is 2.82. The van der Waals surface area contributed by atoms with Gasteiger partial charge in [0.05, 0.1) is 6.26 Å². The molecule has 2 aromatic rings. The molecule has 0 spiro atoms. The van der Waals surface area contributed by atoms with Gasteiger partial charge in [0.25, 0.3) is 5.91 Å². The summed E-state index contributed by atoms with van der Waals surface area (Å²) < 4.78 is 5.09. The highest BCUT2D eigenvalue weighted by Crippen LogP contribution is 2.19. The summed E-state index contributed by atoms with van der Waals surface area (Å²) in [6.45, 7) is 1.45. The van der Waals surface area contributed by atoms with Gasteiger partial charge in [-0.05, 0) is 30.3 Å². The summed E-state index contributed by atoms with van der Waals surface area (Å²) in [5.41, 5.74) is 1.05. The van der Waals surface area contributed by atoms with E-state index in [0.717, 1.165) is 0 Å². The highest BCUT2D eigenvalue weighted by molar-refractivity contribution is 6.09. The lowest BCUT2D eigenvalue weighted by atomic mass is 10.2. The number of nitrogens with one attached hydrogen (secondary N) is 1. The second-order valence-corrected chi connectivity index (χ2v) is 4.77. The van der Waals surface area contributed by atoms with E-state index in [9.17, 15) is 9.59 Å². The van der Waals surface area contributed by atoms with E-state index in [1.54, 1.807) is 43.4 Å². The van der Waals surface area contributed by atoms with Gasteiger partial charge in [0.1, 0.15) is 17.4 Å². The summed E-state index contributed by atoms with van der Waals surface area (Å²) in [5, 5.41) is 11.7. The van der Waals surface area contributed by atoms with Crippen LogP contribution in [0.15, 0.2) is 52.7 Å². The predicted octanol–water partition coefficient (Wildman–Crippen LogP) is 2.81. The van der Waals surface area contributed by atoms with E-state index in [1.165, 1.54) is 24.2 Å². The van der Waals surface area contributed by atoms with Crippen molar-refractivity contribution in [2.45, 2.75) is 6.92 Å². The maximum absolute atomic E-state index is 12.2. The number of carbonyl (C=O) groups is 2. The highest BCUT2D eigenvalue weighted by Gasteiger charge is 2.12. The Morgan fingerprint density at radius 3 is 2.70 bits per heavy atom. The van der Waals surface area contributed by atoms with Gasteiger partial charge in [-0.15, -0.1) is 0 Å². The molecule has 116 valence electrons. The van der Waals surface area contributed by atoms with Gasteiger partial charge < -0.3 is 14.6 Å². The molecule has 6 nitrogen and oxygen atoms in total. The van der Waals surface area contributed by atoms with Gasteiger partial charge in [0.2, 0.25) is 5.91 Å². The standard InChI is InChI=1S/C17H15N3O3/c1-12(21)20(2)15-6-3-5-14(10-15)19-17(22)13(11-18)9-16-7-4-8-23-16/h3-10H,1-2H3,(H,19,22). The Bertz CT molecular complexity index is 786. The quantitative estimate of drug-likeness (QED) is 0.695. The zero-order chi connectivity index (χ0) is 16.8. The van der Waals surface area contributed by atoms with E-state index >= 15 is 0 Å². The first-order valence-electron chi connectivity index (χ1n) is 6.82. The maximum atomic E-state index is 12.2. The number of rotatable bonds is 4. The molecular weight excluding hydrogens is 294 g/mol. The molecule has 0 saturated heterocycles. The van der Waals surface area contributed by atoms with E-state index in [-0.39, 0.29) is 11.5 Å².